The standard InChI is InChI=1S/C11H9BrN2O3S/c1-17-8-4-6(2-3-7(8)15)10(16)14-11-13-5-9(12)18-11/h2-5,15H,1H3,(H,13,14,16). The van der Waals surface area contributed by atoms with Crippen LogP contribution < -0.4 is 10.1 Å². The second-order valence-corrected chi connectivity index (χ2v) is 5.72. The Morgan fingerprint density at radius 3 is 2.94 bits per heavy atom. The highest BCUT2D eigenvalue weighted by molar-refractivity contribution is 9.11. The number of rotatable bonds is 3. The number of nitrogens with zero attached hydrogens (tertiary/aromatic N) is 1. The van der Waals surface area contributed by atoms with Gasteiger partial charge in [0.05, 0.1) is 17.1 Å². The van der Waals surface area contributed by atoms with Gasteiger partial charge in [0.25, 0.3) is 5.91 Å². The molecule has 1 heterocycles. The molecule has 2 aromatic rings. The van der Waals surface area contributed by atoms with E-state index in [1.54, 1.807) is 6.20 Å². The number of carbonyl (C=O) groups is 1. The molecule has 1 amide bonds. The molecule has 94 valence electrons. The Bertz CT molecular complexity index is 585. The molecule has 2 rings (SSSR count). The summed E-state index contributed by atoms with van der Waals surface area (Å²) in [6.45, 7) is 0. The molecule has 0 saturated heterocycles. The van der Waals surface area contributed by atoms with Gasteiger partial charge < -0.3 is 9.84 Å². The van der Waals surface area contributed by atoms with Gasteiger partial charge in [-0.2, -0.15) is 0 Å². The predicted molar refractivity (Wildman–Crippen MR) is 72.4 cm³/mol. The third-order valence-corrected chi connectivity index (χ3v) is 3.53. The van der Waals surface area contributed by atoms with Gasteiger partial charge >= 0.3 is 0 Å². The average molecular weight is 329 g/mol. The highest BCUT2D eigenvalue weighted by atomic mass is 79.9. The summed E-state index contributed by atoms with van der Waals surface area (Å²) in [5.74, 6) is -0.0656. The number of ether oxygens (including phenoxy) is 1. The lowest BCUT2D eigenvalue weighted by Crippen LogP contribution is -2.11. The first-order chi connectivity index (χ1) is 8.60. The van der Waals surface area contributed by atoms with E-state index in [-0.39, 0.29) is 17.4 Å². The quantitative estimate of drug-likeness (QED) is 0.908. The molecule has 2 N–H and O–H groups in total. The number of phenolic OH excluding ortho intramolecular Hbond substituents is 1. The highest BCUT2D eigenvalue weighted by Gasteiger charge is 2.11. The first-order valence-electron chi connectivity index (χ1n) is 4.90. The zero-order valence-electron chi connectivity index (χ0n) is 9.31. The van der Waals surface area contributed by atoms with Crippen LogP contribution in [0.5, 0.6) is 11.5 Å². The van der Waals surface area contributed by atoms with E-state index in [0.717, 1.165) is 3.79 Å². The van der Waals surface area contributed by atoms with Gasteiger partial charge in [0.2, 0.25) is 0 Å². The lowest BCUT2D eigenvalue weighted by atomic mass is 10.2. The number of aromatic hydroxyl groups is 1. The van der Waals surface area contributed by atoms with Crippen LogP contribution in [0.4, 0.5) is 5.13 Å². The monoisotopic (exact) mass is 328 g/mol. The number of thiazole rings is 1. The molecule has 0 spiro atoms. The predicted octanol–water partition coefficient (Wildman–Crippen LogP) is 2.87. The topological polar surface area (TPSA) is 71.5 Å². The number of amides is 1. The zero-order valence-corrected chi connectivity index (χ0v) is 11.7. The third kappa shape index (κ3) is 2.80. The van der Waals surface area contributed by atoms with E-state index in [2.05, 4.69) is 26.2 Å². The summed E-state index contributed by atoms with van der Waals surface area (Å²) < 4.78 is 5.77. The fraction of sp³-hybridized carbons (Fsp3) is 0.0909. The van der Waals surface area contributed by atoms with Gasteiger partial charge in [0.1, 0.15) is 0 Å². The van der Waals surface area contributed by atoms with Gasteiger partial charge in [0, 0.05) is 5.56 Å². The summed E-state index contributed by atoms with van der Waals surface area (Å²) in [7, 11) is 1.43. The van der Waals surface area contributed by atoms with Crippen molar-refractivity contribution in [3.8, 4) is 11.5 Å². The molecular formula is C11H9BrN2O3S. The summed E-state index contributed by atoms with van der Waals surface area (Å²) in [5, 5.41) is 12.6. The Morgan fingerprint density at radius 2 is 2.33 bits per heavy atom. The fourth-order valence-electron chi connectivity index (χ4n) is 1.30. The van der Waals surface area contributed by atoms with Gasteiger partial charge in [0.15, 0.2) is 16.6 Å². The molecule has 7 heteroatoms. The lowest BCUT2D eigenvalue weighted by molar-refractivity contribution is 0.102. The average Bonchev–Trinajstić information content (AvgIpc) is 2.75. The Morgan fingerprint density at radius 1 is 1.56 bits per heavy atom. The number of aromatic nitrogens is 1. The maximum Gasteiger partial charge on any atom is 0.257 e. The fourth-order valence-corrected chi connectivity index (χ4v) is 2.40. The molecule has 0 aliphatic heterocycles. The molecule has 1 aromatic heterocycles. The van der Waals surface area contributed by atoms with Crippen molar-refractivity contribution in [1.29, 1.82) is 0 Å². The number of hydrogen-bond donors (Lipinski definition) is 2. The Labute approximate surface area is 116 Å². The maximum atomic E-state index is 11.9. The molecule has 1 aromatic carbocycles. The van der Waals surface area contributed by atoms with E-state index in [1.807, 2.05) is 0 Å². The Kier molecular flexibility index (Phi) is 3.83. The van der Waals surface area contributed by atoms with Crippen LogP contribution in [0.15, 0.2) is 28.2 Å². The van der Waals surface area contributed by atoms with Crippen LogP contribution in [0.25, 0.3) is 0 Å². The lowest BCUT2D eigenvalue weighted by Gasteiger charge is -2.06. The number of phenols is 1. The van der Waals surface area contributed by atoms with Gasteiger partial charge in [-0.05, 0) is 34.1 Å². The summed E-state index contributed by atoms with van der Waals surface area (Å²) in [4.78, 5) is 15.9. The number of anilines is 1. The van der Waals surface area contributed by atoms with E-state index < -0.39 is 0 Å². The van der Waals surface area contributed by atoms with E-state index in [0.29, 0.717) is 10.7 Å². The van der Waals surface area contributed by atoms with E-state index in [9.17, 15) is 9.90 Å². The molecule has 18 heavy (non-hydrogen) atoms. The normalized spacial score (nSPS) is 10.1. The molecule has 0 atom stereocenters. The minimum atomic E-state index is -0.310. The van der Waals surface area contributed by atoms with E-state index >= 15 is 0 Å². The number of nitrogens with one attached hydrogen (secondary N) is 1. The summed E-state index contributed by atoms with van der Waals surface area (Å²) in [6.07, 6.45) is 1.61. The Balaban J connectivity index is 2.18. The molecule has 0 fully saturated rings. The first-order valence-corrected chi connectivity index (χ1v) is 6.51. The van der Waals surface area contributed by atoms with Crippen LogP contribution in [0.3, 0.4) is 0 Å². The second kappa shape index (κ2) is 5.36. The summed E-state index contributed by atoms with van der Waals surface area (Å²) >= 11 is 4.58. The summed E-state index contributed by atoms with van der Waals surface area (Å²) in [6, 6.07) is 4.38. The van der Waals surface area contributed by atoms with Gasteiger partial charge in [-0.1, -0.05) is 11.3 Å². The van der Waals surface area contributed by atoms with Crippen LogP contribution in [-0.4, -0.2) is 23.1 Å². The first kappa shape index (κ1) is 12.8. The highest BCUT2D eigenvalue weighted by Crippen LogP contribution is 2.27. The van der Waals surface area contributed by atoms with Crippen LogP contribution in [0.1, 0.15) is 10.4 Å². The van der Waals surface area contributed by atoms with Crippen LogP contribution >= 0.6 is 27.3 Å². The van der Waals surface area contributed by atoms with Gasteiger partial charge in [-0.15, -0.1) is 0 Å². The molecular weight excluding hydrogens is 320 g/mol. The molecule has 0 bridgehead atoms. The number of benzene rings is 1. The Hall–Kier alpha value is -1.60. The van der Waals surface area contributed by atoms with Crippen LogP contribution in [-0.2, 0) is 0 Å². The molecule has 0 saturated carbocycles. The van der Waals surface area contributed by atoms with Crippen LogP contribution in [0, 0.1) is 0 Å². The van der Waals surface area contributed by atoms with Crippen molar-refractivity contribution in [1.82, 2.24) is 4.98 Å². The number of hydrogen-bond acceptors (Lipinski definition) is 5. The molecule has 0 unspecified atom stereocenters. The van der Waals surface area contributed by atoms with Gasteiger partial charge in [-0.25, -0.2) is 4.98 Å². The minimum Gasteiger partial charge on any atom is -0.504 e. The molecule has 0 aliphatic carbocycles. The second-order valence-electron chi connectivity index (χ2n) is 3.31. The van der Waals surface area contributed by atoms with Gasteiger partial charge in [-0.3, -0.25) is 10.1 Å². The van der Waals surface area contributed by atoms with Crippen molar-refractivity contribution in [2.45, 2.75) is 0 Å². The zero-order chi connectivity index (χ0) is 13.1. The van der Waals surface area contributed by atoms with Crippen LogP contribution in [0.2, 0.25) is 0 Å². The molecule has 0 radical (unpaired) electrons. The summed E-state index contributed by atoms with van der Waals surface area (Å²) in [5.41, 5.74) is 0.385. The van der Waals surface area contributed by atoms with Crippen molar-refractivity contribution in [2.24, 2.45) is 0 Å². The maximum absolute atomic E-state index is 11.9. The van der Waals surface area contributed by atoms with Crippen molar-refractivity contribution >= 4 is 38.3 Å². The van der Waals surface area contributed by atoms with E-state index in [4.69, 9.17) is 4.74 Å². The van der Waals surface area contributed by atoms with Crippen molar-refractivity contribution in [3.05, 3.63) is 33.7 Å². The largest absolute Gasteiger partial charge is 0.504 e. The number of halogens is 1. The minimum absolute atomic E-state index is 0.00829. The van der Waals surface area contributed by atoms with Crippen molar-refractivity contribution < 1.29 is 14.6 Å². The number of carbonyl (C=O) groups excluding carboxylic acids is 1. The number of methoxy groups -OCH3 is 1. The third-order valence-electron chi connectivity index (χ3n) is 2.14. The van der Waals surface area contributed by atoms with Crippen molar-refractivity contribution in [2.75, 3.05) is 12.4 Å². The SMILES string of the molecule is COc1cc(C(=O)Nc2ncc(Br)s2)ccc1O. The van der Waals surface area contributed by atoms with E-state index in [1.165, 1.54) is 36.6 Å². The smallest absolute Gasteiger partial charge is 0.257 e. The molecule has 5 nitrogen and oxygen atoms in total. The molecule has 0 aliphatic rings. The van der Waals surface area contributed by atoms with Crippen molar-refractivity contribution in [3.63, 3.8) is 0 Å².